The zero-order valence-corrected chi connectivity index (χ0v) is 11.7. The summed E-state index contributed by atoms with van der Waals surface area (Å²) in [6, 6.07) is 0.738. The quantitative estimate of drug-likeness (QED) is 0.504. The summed E-state index contributed by atoms with van der Waals surface area (Å²) in [6.07, 6.45) is 5.17. The maximum atomic E-state index is 5.66. The molecule has 0 radical (unpaired) electrons. The number of rotatable bonds is 7. The predicted octanol–water partition coefficient (Wildman–Crippen LogP) is 2.81. The summed E-state index contributed by atoms with van der Waals surface area (Å²) in [6.45, 7) is 10.9. The molecule has 3 heteroatoms. The molecule has 0 aliphatic carbocycles. The van der Waals surface area contributed by atoms with Crippen molar-refractivity contribution in [2.45, 2.75) is 45.6 Å². The van der Waals surface area contributed by atoms with Crippen molar-refractivity contribution >= 4 is 11.6 Å². The van der Waals surface area contributed by atoms with Gasteiger partial charge in [0.2, 0.25) is 0 Å². The van der Waals surface area contributed by atoms with Gasteiger partial charge in [-0.2, -0.15) is 0 Å². The van der Waals surface area contributed by atoms with E-state index >= 15 is 0 Å². The van der Waals surface area contributed by atoms with Crippen molar-refractivity contribution < 1.29 is 0 Å². The molecule has 0 spiro atoms. The van der Waals surface area contributed by atoms with E-state index in [1.165, 1.54) is 58.4 Å². The number of halogens is 1. The van der Waals surface area contributed by atoms with Crippen molar-refractivity contribution in [3.63, 3.8) is 0 Å². The Balaban J connectivity index is 2.06. The Labute approximate surface area is 106 Å². The van der Waals surface area contributed by atoms with Crippen LogP contribution in [0.25, 0.3) is 0 Å². The normalized spacial score (nSPS) is 23.8. The number of hydrogen-bond donors (Lipinski definition) is 0. The first kappa shape index (κ1) is 14.3. The van der Waals surface area contributed by atoms with Crippen molar-refractivity contribution in [3.05, 3.63) is 0 Å². The highest BCUT2D eigenvalue weighted by molar-refractivity contribution is 6.17. The van der Waals surface area contributed by atoms with Crippen LogP contribution in [0.15, 0.2) is 0 Å². The van der Waals surface area contributed by atoms with E-state index in [2.05, 4.69) is 23.6 Å². The molecule has 1 atom stereocenters. The molecule has 2 nitrogen and oxygen atoms in total. The molecule has 0 bridgehead atoms. The zero-order chi connectivity index (χ0) is 11.8. The lowest BCUT2D eigenvalue weighted by molar-refractivity contribution is 0.0869. The molecule has 0 amide bonds. The number of unbranched alkanes of at least 4 members (excludes halogenated alkanes) is 3. The van der Waals surface area contributed by atoms with Gasteiger partial charge in [-0.25, -0.2) is 0 Å². The third kappa shape index (κ3) is 5.03. The third-order valence-corrected chi connectivity index (χ3v) is 3.88. The Morgan fingerprint density at radius 2 is 1.88 bits per heavy atom. The summed E-state index contributed by atoms with van der Waals surface area (Å²) in [5.41, 5.74) is 0. The van der Waals surface area contributed by atoms with Crippen molar-refractivity contribution in [3.8, 4) is 0 Å². The first-order valence-electron chi connectivity index (χ1n) is 6.80. The average molecular weight is 247 g/mol. The van der Waals surface area contributed by atoms with Gasteiger partial charge in [-0.1, -0.05) is 19.8 Å². The zero-order valence-electron chi connectivity index (χ0n) is 10.9. The van der Waals surface area contributed by atoms with E-state index in [-0.39, 0.29) is 0 Å². The lowest BCUT2D eigenvalue weighted by Gasteiger charge is -2.39. The second-order valence-corrected chi connectivity index (χ2v) is 5.26. The molecule has 1 aliphatic heterocycles. The Kier molecular flexibility index (Phi) is 7.42. The highest BCUT2D eigenvalue weighted by Gasteiger charge is 2.21. The van der Waals surface area contributed by atoms with Crippen LogP contribution in [0.1, 0.15) is 39.5 Å². The molecule has 0 aromatic heterocycles. The van der Waals surface area contributed by atoms with E-state index in [9.17, 15) is 0 Å². The van der Waals surface area contributed by atoms with Crippen molar-refractivity contribution in [2.75, 3.05) is 38.6 Å². The first-order chi connectivity index (χ1) is 7.77. The second kappa shape index (κ2) is 8.32. The van der Waals surface area contributed by atoms with Gasteiger partial charge in [0.15, 0.2) is 0 Å². The lowest BCUT2D eigenvalue weighted by Crippen LogP contribution is -2.51. The molecule has 1 aliphatic rings. The molecule has 16 heavy (non-hydrogen) atoms. The molecule has 1 heterocycles. The van der Waals surface area contributed by atoms with Crippen LogP contribution >= 0.6 is 11.6 Å². The molecule has 0 saturated carbocycles. The largest absolute Gasteiger partial charge is 0.301 e. The molecular formula is C13H27ClN2. The smallest absolute Gasteiger partial charge is 0.0223 e. The second-order valence-electron chi connectivity index (χ2n) is 4.88. The van der Waals surface area contributed by atoms with Crippen LogP contribution in [0.4, 0.5) is 0 Å². The minimum atomic E-state index is 0.738. The standard InChI is InChI=1S/C13H27ClN2/c1-3-16-11-10-15(12-13(16)2)9-7-5-4-6-8-14/h13H,3-12H2,1-2H3. The van der Waals surface area contributed by atoms with E-state index in [1.807, 2.05) is 0 Å². The van der Waals surface area contributed by atoms with Gasteiger partial charge in [0.25, 0.3) is 0 Å². The van der Waals surface area contributed by atoms with Crippen LogP contribution in [0.3, 0.4) is 0 Å². The van der Waals surface area contributed by atoms with Crippen molar-refractivity contribution in [2.24, 2.45) is 0 Å². The number of likely N-dealkylation sites (N-methyl/N-ethyl adjacent to an activating group) is 1. The maximum Gasteiger partial charge on any atom is 0.0223 e. The van der Waals surface area contributed by atoms with Crippen LogP contribution in [0.5, 0.6) is 0 Å². The fraction of sp³-hybridized carbons (Fsp3) is 1.00. The maximum absolute atomic E-state index is 5.66. The topological polar surface area (TPSA) is 6.48 Å². The van der Waals surface area contributed by atoms with Gasteiger partial charge in [0.1, 0.15) is 0 Å². The number of piperazine rings is 1. The molecule has 1 fully saturated rings. The summed E-state index contributed by atoms with van der Waals surface area (Å²) >= 11 is 5.66. The summed E-state index contributed by atoms with van der Waals surface area (Å²) < 4.78 is 0. The van der Waals surface area contributed by atoms with Gasteiger partial charge < -0.3 is 4.90 Å². The molecule has 96 valence electrons. The van der Waals surface area contributed by atoms with Crippen LogP contribution in [0.2, 0.25) is 0 Å². The van der Waals surface area contributed by atoms with Gasteiger partial charge in [0.05, 0.1) is 0 Å². The van der Waals surface area contributed by atoms with Crippen LogP contribution < -0.4 is 0 Å². The molecule has 1 unspecified atom stereocenters. The summed E-state index contributed by atoms with van der Waals surface area (Å²) in [4.78, 5) is 5.20. The van der Waals surface area contributed by atoms with Crippen molar-refractivity contribution in [1.29, 1.82) is 0 Å². The lowest BCUT2D eigenvalue weighted by atomic mass is 10.1. The Bertz CT molecular complexity index is 175. The molecule has 1 saturated heterocycles. The van der Waals surface area contributed by atoms with Gasteiger partial charge >= 0.3 is 0 Å². The van der Waals surface area contributed by atoms with E-state index in [4.69, 9.17) is 11.6 Å². The SMILES string of the molecule is CCN1CCN(CCCCCCCl)CC1C. The summed E-state index contributed by atoms with van der Waals surface area (Å²) in [5.74, 6) is 0.826. The molecular weight excluding hydrogens is 220 g/mol. The van der Waals surface area contributed by atoms with Gasteiger partial charge in [-0.3, -0.25) is 4.90 Å². The van der Waals surface area contributed by atoms with Gasteiger partial charge in [0, 0.05) is 31.6 Å². The number of hydrogen-bond acceptors (Lipinski definition) is 2. The van der Waals surface area contributed by atoms with Gasteiger partial charge in [-0.15, -0.1) is 11.6 Å². The molecule has 0 N–H and O–H groups in total. The molecule has 0 aromatic rings. The number of alkyl halides is 1. The highest BCUT2D eigenvalue weighted by atomic mass is 35.5. The molecule has 0 aromatic carbocycles. The summed E-state index contributed by atoms with van der Waals surface area (Å²) in [7, 11) is 0. The monoisotopic (exact) mass is 246 g/mol. The predicted molar refractivity (Wildman–Crippen MR) is 72.3 cm³/mol. The average Bonchev–Trinajstić information content (AvgIpc) is 2.29. The van der Waals surface area contributed by atoms with Crippen LogP contribution in [-0.4, -0.2) is 54.4 Å². The van der Waals surface area contributed by atoms with E-state index in [0.717, 1.165) is 11.9 Å². The Hall–Kier alpha value is 0.210. The highest BCUT2D eigenvalue weighted by Crippen LogP contribution is 2.10. The summed E-state index contributed by atoms with van der Waals surface area (Å²) in [5, 5.41) is 0. The van der Waals surface area contributed by atoms with E-state index in [1.54, 1.807) is 0 Å². The van der Waals surface area contributed by atoms with Crippen molar-refractivity contribution in [1.82, 2.24) is 9.80 Å². The van der Waals surface area contributed by atoms with E-state index < -0.39 is 0 Å². The fourth-order valence-electron chi connectivity index (χ4n) is 2.53. The van der Waals surface area contributed by atoms with Crippen LogP contribution in [0, 0.1) is 0 Å². The Morgan fingerprint density at radius 3 is 2.50 bits per heavy atom. The van der Waals surface area contributed by atoms with Crippen LogP contribution in [-0.2, 0) is 0 Å². The van der Waals surface area contributed by atoms with E-state index in [0.29, 0.717) is 0 Å². The molecule has 1 rings (SSSR count). The minimum Gasteiger partial charge on any atom is -0.301 e. The Morgan fingerprint density at radius 1 is 1.12 bits per heavy atom. The van der Waals surface area contributed by atoms with Gasteiger partial charge in [-0.05, 0) is 32.9 Å². The first-order valence-corrected chi connectivity index (χ1v) is 7.33. The third-order valence-electron chi connectivity index (χ3n) is 3.61. The fourth-order valence-corrected chi connectivity index (χ4v) is 2.72. The minimum absolute atomic E-state index is 0.738. The number of nitrogens with zero attached hydrogens (tertiary/aromatic N) is 2.